The van der Waals surface area contributed by atoms with E-state index in [1.165, 1.54) is 0 Å². The molecule has 0 saturated heterocycles. The highest BCUT2D eigenvalue weighted by atomic mass is 33.2. The number of rotatable bonds is 12. The van der Waals surface area contributed by atoms with Gasteiger partial charge in [0.05, 0.1) is 19.0 Å². The molecule has 0 N–H and O–H groups in total. The molecule has 0 aromatic heterocycles. The van der Waals surface area contributed by atoms with Crippen molar-refractivity contribution in [3.05, 3.63) is 0 Å². The summed E-state index contributed by atoms with van der Waals surface area (Å²) in [5, 5.41) is 0. The van der Waals surface area contributed by atoms with Crippen molar-refractivity contribution >= 4 is 20.4 Å². The van der Waals surface area contributed by atoms with Crippen LogP contribution in [0.2, 0.25) is 0 Å². The maximum atomic E-state index is 5.84. The molecular formula is C12H28O4S2. The third kappa shape index (κ3) is 7.21. The highest BCUT2D eigenvalue weighted by molar-refractivity contribution is 8.90. The molecule has 0 amide bonds. The minimum Gasteiger partial charge on any atom is -0.352 e. The lowest BCUT2D eigenvalue weighted by Crippen LogP contribution is -2.21. The summed E-state index contributed by atoms with van der Waals surface area (Å²) >= 11 is 0. The molecule has 0 atom stereocenters. The van der Waals surface area contributed by atoms with E-state index in [-0.39, 0.29) is 6.29 Å². The molecule has 0 unspecified atom stereocenters. The van der Waals surface area contributed by atoms with E-state index in [1.807, 2.05) is 27.7 Å². The van der Waals surface area contributed by atoms with Crippen molar-refractivity contribution in [3.8, 4) is 0 Å². The van der Waals surface area contributed by atoms with Gasteiger partial charge in [-0.2, -0.15) is 0 Å². The van der Waals surface area contributed by atoms with Crippen molar-refractivity contribution in [2.75, 3.05) is 37.9 Å². The van der Waals surface area contributed by atoms with E-state index in [4.69, 9.17) is 17.8 Å². The maximum absolute atomic E-state index is 5.84. The van der Waals surface area contributed by atoms with Crippen LogP contribution in [0, 0.1) is 0 Å². The van der Waals surface area contributed by atoms with E-state index < -0.39 is 9.62 Å². The first kappa shape index (κ1) is 18.5. The van der Waals surface area contributed by atoms with E-state index in [0.29, 0.717) is 26.4 Å². The SMILES string of the molecule is CCOC(CSS(CC)(OCC)OCC)OCC. The largest absolute Gasteiger partial charge is 0.352 e. The molecule has 0 aliphatic carbocycles. The van der Waals surface area contributed by atoms with Crippen molar-refractivity contribution in [3.63, 3.8) is 0 Å². The zero-order chi connectivity index (χ0) is 13.9. The lowest BCUT2D eigenvalue weighted by Gasteiger charge is -2.41. The van der Waals surface area contributed by atoms with Crippen molar-refractivity contribution in [1.29, 1.82) is 0 Å². The maximum Gasteiger partial charge on any atom is 0.168 e. The normalized spacial score (nSPS) is 13.2. The first-order valence-electron chi connectivity index (χ1n) is 6.65. The zero-order valence-electron chi connectivity index (χ0n) is 12.3. The summed E-state index contributed by atoms with van der Waals surface area (Å²) < 4.78 is 22.8. The van der Waals surface area contributed by atoms with Gasteiger partial charge in [0.25, 0.3) is 0 Å². The van der Waals surface area contributed by atoms with Crippen LogP contribution in [0.15, 0.2) is 0 Å². The zero-order valence-corrected chi connectivity index (χ0v) is 13.9. The average molecular weight is 300 g/mol. The monoisotopic (exact) mass is 300 g/mol. The summed E-state index contributed by atoms with van der Waals surface area (Å²) in [5.41, 5.74) is 0. The Labute approximate surface area is 117 Å². The fourth-order valence-corrected chi connectivity index (χ4v) is 5.76. The molecule has 0 aromatic rings. The molecule has 0 fully saturated rings. The highest BCUT2D eigenvalue weighted by Gasteiger charge is 2.22. The van der Waals surface area contributed by atoms with Gasteiger partial charge in [-0.1, -0.05) is 0 Å². The van der Waals surface area contributed by atoms with E-state index in [0.717, 1.165) is 11.5 Å². The molecule has 0 radical (unpaired) electrons. The number of hydrogen-bond acceptors (Lipinski definition) is 5. The van der Waals surface area contributed by atoms with Gasteiger partial charge in [0.1, 0.15) is 0 Å². The number of hydrogen-bond donors (Lipinski definition) is 0. The molecule has 0 rings (SSSR count). The smallest absolute Gasteiger partial charge is 0.168 e. The molecule has 0 aliphatic rings. The summed E-state index contributed by atoms with van der Waals surface area (Å²) in [5.74, 6) is 1.62. The molecule has 6 heteroatoms. The third-order valence-corrected chi connectivity index (χ3v) is 7.47. The predicted molar refractivity (Wildman–Crippen MR) is 80.9 cm³/mol. The van der Waals surface area contributed by atoms with Gasteiger partial charge in [-0.05, 0) is 45.4 Å². The van der Waals surface area contributed by atoms with Crippen LogP contribution in [-0.4, -0.2) is 44.2 Å². The van der Waals surface area contributed by atoms with E-state index in [1.54, 1.807) is 10.8 Å². The van der Waals surface area contributed by atoms with E-state index in [9.17, 15) is 0 Å². The molecular weight excluding hydrogens is 272 g/mol. The molecule has 4 nitrogen and oxygen atoms in total. The van der Waals surface area contributed by atoms with Crippen LogP contribution >= 0.6 is 20.4 Å². The van der Waals surface area contributed by atoms with Crippen molar-refractivity contribution in [2.24, 2.45) is 0 Å². The Kier molecular flexibility index (Phi) is 11.7. The summed E-state index contributed by atoms with van der Waals surface area (Å²) in [4.78, 5) is 0. The second-order valence-corrected chi connectivity index (χ2v) is 8.25. The summed E-state index contributed by atoms with van der Waals surface area (Å²) in [7, 11) is 0.185. The van der Waals surface area contributed by atoms with Gasteiger partial charge in [-0.25, -0.2) is 0 Å². The molecule has 0 aliphatic heterocycles. The lowest BCUT2D eigenvalue weighted by atomic mass is 10.7. The highest BCUT2D eigenvalue weighted by Crippen LogP contribution is 2.61. The Morgan fingerprint density at radius 2 is 1.33 bits per heavy atom. The molecule has 0 heterocycles. The Balaban J connectivity index is 4.36. The van der Waals surface area contributed by atoms with Gasteiger partial charge in [0, 0.05) is 19.0 Å². The molecule has 0 saturated carbocycles. The van der Waals surface area contributed by atoms with Crippen LogP contribution in [0.25, 0.3) is 0 Å². The lowest BCUT2D eigenvalue weighted by molar-refractivity contribution is -0.119. The Morgan fingerprint density at radius 3 is 1.67 bits per heavy atom. The van der Waals surface area contributed by atoms with Crippen LogP contribution < -0.4 is 0 Å². The fraction of sp³-hybridized carbons (Fsp3) is 1.00. The molecule has 0 bridgehead atoms. The Bertz CT molecular complexity index is 181. The summed E-state index contributed by atoms with van der Waals surface area (Å²) in [6.45, 7) is 12.7. The quantitative estimate of drug-likeness (QED) is 0.405. The van der Waals surface area contributed by atoms with Crippen molar-refractivity contribution in [2.45, 2.75) is 40.9 Å². The van der Waals surface area contributed by atoms with Gasteiger partial charge >= 0.3 is 0 Å². The Hall–Kier alpha value is 0.540. The molecule has 0 spiro atoms. The molecule has 112 valence electrons. The van der Waals surface area contributed by atoms with Crippen LogP contribution in [0.4, 0.5) is 0 Å². The van der Waals surface area contributed by atoms with Crippen molar-refractivity contribution < 1.29 is 17.8 Å². The van der Waals surface area contributed by atoms with Crippen LogP contribution in [0.3, 0.4) is 0 Å². The molecule has 0 aromatic carbocycles. The minimum absolute atomic E-state index is 0.177. The van der Waals surface area contributed by atoms with Crippen LogP contribution in [0.1, 0.15) is 34.6 Å². The second kappa shape index (κ2) is 11.4. The predicted octanol–water partition coefficient (Wildman–Crippen LogP) is 3.76. The minimum atomic E-state index is -1.51. The van der Waals surface area contributed by atoms with Gasteiger partial charge in [-0.15, -0.1) is 9.62 Å². The van der Waals surface area contributed by atoms with Gasteiger partial charge < -0.3 is 9.47 Å². The van der Waals surface area contributed by atoms with Crippen molar-refractivity contribution in [1.82, 2.24) is 0 Å². The first-order chi connectivity index (χ1) is 8.67. The average Bonchev–Trinajstić information content (AvgIpc) is 2.37. The third-order valence-electron chi connectivity index (χ3n) is 2.04. The van der Waals surface area contributed by atoms with Gasteiger partial charge in [0.15, 0.2) is 6.29 Å². The standard InChI is InChI=1S/C12H28O4S2/c1-6-13-12(14-7-2)11-17-18(10-5,15-8-3)16-9-4/h12H,6-11H2,1-5H3. The topological polar surface area (TPSA) is 36.9 Å². The first-order valence-corrected chi connectivity index (χ1v) is 9.80. The second-order valence-electron chi connectivity index (χ2n) is 3.28. The van der Waals surface area contributed by atoms with Gasteiger partial charge in [0.2, 0.25) is 0 Å². The number of ether oxygens (including phenoxy) is 2. The van der Waals surface area contributed by atoms with Crippen LogP contribution in [-0.2, 0) is 17.8 Å². The summed E-state index contributed by atoms with van der Waals surface area (Å²) in [6.07, 6.45) is -0.177. The van der Waals surface area contributed by atoms with Gasteiger partial charge in [-0.3, -0.25) is 8.37 Å². The fourth-order valence-electron chi connectivity index (χ4n) is 1.39. The van der Waals surface area contributed by atoms with Crippen LogP contribution in [0.5, 0.6) is 0 Å². The Morgan fingerprint density at radius 1 is 0.833 bits per heavy atom. The van der Waals surface area contributed by atoms with E-state index in [2.05, 4.69) is 6.92 Å². The van der Waals surface area contributed by atoms with E-state index >= 15 is 0 Å². The molecule has 18 heavy (non-hydrogen) atoms. The summed E-state index contributed by atoms with van der Waals surface area (Å²) in [6, 6.07) is 0.